The van der Waals surface area contributed by atoms with Crippen LogP contribution < -0.4 is 4.74 Å². The van der Waals surface area contributed by atoms with Crippen molar-refractivity contribution in [1.82, 2.24) is 9.97 Å². The highest BCUT2D eigenvalue weighted by Gasteiger charge is 2.18. The van der Waals surface area contributed by atoms with Crippen molar-refractivity contribution in [2.45, 2.75) is 0 Å². The number of benzene rings is 1. The third-order valence-corrected chi connectivity index (χ3v) is 3.17. The predicted molar refractivity (Wildman–Crippen MR) is 81.7 cm³/mol. The maximum absolute atomic E-state index is 12.0. The molecule has 5 nitrogen and oxygen atoms in total. The largest absolute Gasteiger partial charge is 0.458 e. The Hall–Kier alpha value is -1.92. The molecule has 108 valence electrons. The lowest BCUT2D eigenvalue weighted by Gasteiger charge is -2.10. The highest BCUT2D eigenvalue weighted by Crippen LogP contribution is 2.30. The van der Waals surface area contributed by atoms with Crippen molar-refractivity contribution in [1.29, 1.82) is 0 Å². The molecular formula is C14H10BrClN2O3. The molecule has 0 aliphatic carbocycles. The van der Waals surface area contributed by atoms with E-state index in [-0.39, 0.29) is 23.9 Å². The number of carbonyl (C=O) groups is 1. The van der Waals surface area contributed by atoms with Gasteiger partial charge in [-0.25, -0.2) is 14.8 Å². The molecule has 0 N–H and O–H groups in total. The van der Waals surface area contributed by atoms with Crippen molar-refractivity contribution in [2.24, 2.45) is 0 Å². The van der Waals surface area contributed by atoms with Gasteiger partial charge in [0.25, 0.3) is 0 Å². The highest BCUT2D eigenvalue weighted by atomic mass is 79.9. The molecule has 0 amide bonds. The standard InChI is InChI=1S/C14H10BrClN2O3/c1-2-6-20-13(19)12-10(15)4-3-5-11(12)21-14-17-7-9(16)8-18-14/h2-5,7-8H,1,6H2. The van der Waals surface area contributed by atoms with Crippen LogP contribution >= 0.6 is 27.5 Å². The van der Waals surface area contributed by atoms with E-state index in [1.165, 1.54) is 18.5 Å². The number of rotatable bonds is 5. The van der Waals surface area contributed by atoms with Gasteiger partial charge in [0.1, 0.15) is 17.9 Å². The average Bonchev–Trinajstić information content (AvgIpc) is 2.47. The molecule has 0 spiro atoms. The molecule has 0 atom stereocenters. The van der Waals surface area contributed by atoms with Gasteiger partial charge in [-0.2, -0.15) is 0 Å². The molecule has 0 unspecified atom stereocenters. The molecule has 1 aromatic carbocycles. The predicted octanol–water partition coefficient (Wildman–Crippen LogP) is 4.03. The van der Waals surface area contributed by atoms with E-state index in [1.807, 2.05) is 0 Å². The van der Waals surface area contributed by atoms with Gasteiger partial charge in [0, 0.05) is 4.47 Å². The fraction of sp³-hybridized carbons (Fsp3) is 0.0714. The Morgan fingerprint density at radius 3 is 2.76 bits per heavy atom. The zero-order chi connectivity index (χ0) is 15.2. The lowest BCUT2D eigenvalue weighted by atomic mass is 10.2. The fourth-order valence-electron chi connectivity index (χ4n) is 1.45. The van der Waals surface area contributed by atoms with Gasteiger partial charge in [-0.1, -0.05) is 30.3 Å². The summed E-state index contributed by atoms with van der Waals surface area (Å²) in [6, 6.07) is 5.13. The molecule has 0 radical (unpaired) electrons. The minimum atomic E-state index is -0.536. The summed E-state index contributed by atoms with van der Waals surface area (Å²) in [5.74, 6) is -0.257. The van der Waals surface area contributed by atoms with Crippen LogP contribution in [0.4, 0.5) is 0 Å². The lowest BCUT2D eigenvalue weighted by molar-refractivity contribution is 0.0545. The second-order valence-electron chi connectivity index (χ2n) is 3.79. The molecule has 0 aliphatic rings. The van der Waals surface area contributed by atoms with Crippen molar-refractivity contribution >= 4 is 33.5 Å². The second kappa shape index (κ2) is 7.19. The molecule has 2 aromatic rings. The monoisotopic (exact) mass is 368 g/mol. The Bertz CT molecular complexity index is 662. The summed E-state index contributed by atoms with van der Waals surface area (Å²) in [5.41, 5.74) is 0.248. The van der Waals surface area contributed by atoms with Crippen molar-refractivity contribution in [3.8, 4) is 11.8 Å². The molecule has 7 heteroatoms. The van der Waals surface area contributed by atoms with E-state index in [1.54, 1.807) is 18.2 Å². The average molecular weight is 370 g/mol. The van der Waals surface area contributed by atoms with Gasteiger partial charge < -0.3 is 9.47 Å². The van der Waals surface area contributed by atoms with E-state index in [9.17, 15) is 4.79 Å². The number of hydrogen-bond acceptors (Lipinski definition) is 5. The smallest absolute Gasteiger partial charge is 0.343 e. The first-order valence-corrected chi connectivity index (χ1v) is 7.01. The minimum Gasteiger partial charge on any atom is -0.458 e. The Kier molecular flexibility index (Phi) is 5.30. The van der Waals surface area contributed by atoms with Gasteiger partial charge in [-0.05, 0) is 28.1 Å². The number of halogens is 2. The highest BCUT2D eigenvalue weighted by molar-refractivity contribution is 9.10. The summed E-state index contributed by atoms with van der Waals surface area (Å²) in [6.45, 7) is 3.60. The van der Waals surface area contributed by atoms with Crippen molar-refractivity contribution in [3.05, 3.63) is 58.3 Å². The van der Waals surface area contributed by atoms with E-state index in [0.717, 1.165) is 0 Å². The number of hydrogen-bond donors (Lipinski definition) is 0. The molecule has 0 aliphatic heterocycles. The zero-order valence-corrected chi connectivity index (χ0v) is 13.1. The molecule has 1 heterocycles. The Morgan fingerprint density at radius 2 is 2.10 bits per heavy atom. The van der Waals surface area contributed by atoms with Crippen molar-refractivity contribution in [2.75, 3.05) is 6.61 Å². The van der Waals surface area contributed by atoms with Gasteiger partial charge >= 0.3 is 12.0 Å². The quantitative estimate of drug-likeness (QED) is 0.588. The number of carbonyl (C=O) groups excluding carboxylic acids is 1. The molecule has 1 aromatic heterocycles. The van der Waals surface area contributed by atoms with E-state index in [0.29, 0.717) is 9.50 Å². The third-order valence-electron chi connectivity index (χ3n) is 2.31. The lowest BCUT2D eigenvalue weighted by Crippen LogP contribution is -2.08. The van der Waals surface area contributed by atoms with Crippen LogP contribution in [0.3, 0.4) is 0 Å². The Morgan fingerprint density at radius 1 is 1.38 bits per heavy atom. The summed E-state index contributed by atoms with van der Waals surface area (Å²) in [5, 5.41) is 0.391. The van der Waals surface area contributed by atoms with Crippen LogP contribution in [0.1, 0.15) is 10.4 Å². The van der Waals surface area contributed by atoms with E-state index >= 15 is 0 Å². The first-order valence-electron chi connectivity index (χ1n) is 5.83. The molecule has 0 saturated carbocycles. The van der Waals surface area contributed by atoms with Crippen LogP contribution in [0.15, 0.2) is 47.7 Å². The number of esters is 1. The van der Waals surface area contributed by atoms with Crippen molar-refractivity contribution in [3.63, 3.8) is 0 Å². The topological polar surface area (TPSA) is 61.3 Å². The zero-order valence-electron chi connectivity index (χ0n) is 10.8. The summed E-state index contributed by atoms with van der Waals surface area (Å²) in [6.07, 6.45) is 4.28. The molecule has 0 saturated heterocycles. The number of ether oxygens (including phenoxy) is 2. The van der Waals surface area contributed by atoms with Gasteiger partial charge in [0.05, 0.1) is 17.4 Å². The summed E-state index contributed by atoms with van der Waals surface area (Å²) in [7, 11) is 0. The maximum atomic E-state index is 12.0. The van der Waals surface area contributed by atoms with E-state index in [2.05, 4.69) is 32.5 Å². The van der Waals surface area contributed by atoms with Gasteiger partial charge in [0.2, 0.25) is 0 Å². The van der Waals surface area contributed by atoms with Crippen LogP contribution in [0.5, 0.6) is 11.8 Å². The summed E-state index contributed by atoms with van der Waals surface area (Å²) < 4.78 is 11.1. The second-order valence-corrected chi connectivity index (χ2v) is 5.08. The number of aromatic nitrogens is 2. The molecular weight excluding hydrogens is 360 g/mol. The van der Waals surface area contributed by atoms with Crippen molar-refractivity contribution < 1.29 is 14.3 Å². The summed E-state index contributed by atoms with van der Waals surface area (Å²) >= 11 is 9.00. The molecule has 2 rings (SSSR count). The van der Waals surface area contributed by atoms with E-state index in [4.69, 9.17) is 21.1 Å². The molecule has 0 fully saturated rings. The van der Waals surface area contributed by atoms with Crippen LogP contribution in [-0.2, 0) is 4.74 Å². The van der Waals surface area contributed by atoms with Gasteiger partial charge in [-0.15, -0.1) is 0 Å². The molecule has 0 bridgehead atoms. The normalized spacial score (nSPS) is 10.0. The first-order chi connectivity index (χ1) is 10.1. The van der Waals surface area contributed by atoms with Crippen LogP contribution in [0.25, 0.3) is 0 Å². The Labute approximate surface area is 134 Å². The van der Waals surface area contributed by atoms with Crippen LogP contribution in [-0.4, -0.2) is 22.5 Å². The van der Waals surface area contributed by atoms with E-state index < -0.39 is 5.97 Å². The van der Waals surface area contributed by atoms with Crippen LogP contribution in [0, 0.1) is 0 Å². The fourth-order valence-corrected chi connectivity index (χ4v) is 2.05. The summed E-state index contributed by atoms with van der Waals surface area (Å²) in [4.78, 5) is 19.9. The Balaban J connectivity index is 2.30. The number of nitrogens with zero attached hydrogens (tertiary/aromatic N) is 2. The third kappa shape index (κ3) is 4.03. The molecule has 21 heavy (non-hydrogen) atoms. The van der Waals surface area contributed by atoms with Gasteiger partial charge in [0.15, 0.2) is 0 Å². The first kappa shape index (κ1) is 15.5. The van der Waals surface area contributed by atoms with Crippen LogP contribution in [0.2, 0.25) is 5.02 Å². The minimum absolute atomic E-state index is 0.0790. The SMILES string of the molecule is C=CCOC(=O)c1c(Br)cccc1Oc1ncc(Cl)cn1. The van der Waals surface area contributed by atoms with Gasteiger partial charge in [-0.3, -0.25) is 0 Å². The maximum Gasteiger partial charge on any atom is 0.343 e.